The standard InChI is InChI=1S/C13H14BrClN2O2S/c14-9-3-4-11-12(6-9)17(13(7-15)16-11)8-10-2-1-5-20(10,18)19/h3-4,6,10H,1-2,5,7-8H2. The van der Waals surface area contributed by atoms with Crippen LogP contribution in [0, 0.1) is 0 Å². The monoisotopic (exact) mass is 376 g/mol. The largest absolute Gasteiger partial charge is 0.326 e. The molecule has 1 aromatic heterocycles. The van der Waals surface area contributed by atoms with Crippen molar-refractivity contribution in [2.75, 3.05) is 5.75 Å². The molecule has 1 saturated heterocycles. The van der Waals surface area contributed by atoms with Gasteiger partial charge in [0.05, 0.1) is 27.9 Å². The molecule has 1 atom stereocenters. The van der Waals surface area contributed by atoms with E-state index in [0.29, 0.717) is 12.3 Å². The fraction of sp³-hybridized carbons (Fsp3) is 0.462. The zero-order valence-corrected chi connectivity index (χ0v) is 13.9. The number of alkyl halides is 1. The van der Waals surface area contributed by atoms with E-state index < -0.39 is 9.84 Å². The molecule has 108 valence electrons. The average Bonchev–Trinajstić information content (AvgIpc) is 2.91. The van der Waals surface area contributed by atoms with Gasteiger partial charge in [0.15, 0.2) is 9.84 Å². The van der Waals surface area contributed by atoms with Gasteiger partial charge in [-0.2, -0.15) is 0 Å². The number of imidazole rings is 1. The van der Waals surface area contributed by atoms with E-state index in [1.807, 2.05) is 22.8 Å². The summed E-state index contributed by atoms with van der Waals surface area (Å²) < 4.78 is 26.9. The highest BCUT2D eigenvalue weighted by molar-refractivity contribution is 9.10. The first-order chi connectivity index (χ1) is 9.51. The summed E-state index contributed by atoms with van der Waals surface area (Å²) in [4.78, 5) is 4.48. The van der Waals surface area contributed by atoms with Gasteiger partial charge in [-0.25, -0.2) is 13.4 Å². The molecule has 0 bridgehead atoms. The highest BCUT2D eigenvalue weighted by Gasteiger charge is 2.32. The SMILES string of the molecule is O=S1(=O)CCCC1Cn1c(CCl)nc2ccc(Br)cc21. The summed E-state index contributed by atoms with van der Waals surface area (Å²) in [6, 6.07) is 5.79. The molecule has 0 amide bonds. The van der Waals surface area contributed by atoms with Gasteiger partial charge in [-0.3, -0.25) is 0 Å². The van der Waals surface area contributed by atoms with Crippen molar-refractivity contribution in [1.29, 1.82) is 0 Å². The summed E-state index contributed by atoms with van der Waals surface area (Å²) in [5, 5.41) is -0.319. The number of halogens is 2. The van der Waals surface area contributed by atoms with Gasteiger partial charge in [-0.1, -0.05) is 15.9 Å². The second-order valence-corrected chi connectivity index (χ2v) is 8.62. The van der Waals surface area contributed by atoms with Gasteiger partial charge in [0.1, 0.15) is 5.82 Å². The molecule has 4 nitrogen and oxygen atoms in total. The van der Waals surface area contributed by atoms with Crippen LogP contribution in [0.25, 0.3) is 11.0 Å². The lowest BCUT2D eigenvalue weighted by Gasteiger charge is -2.13. The van der Waals surface area contributed by atoms with Gasteiger partial charge < -0.3 is 4.57 Å². The van der Waals surface area contributed by atoms with Crippen LogP contribution in [0.3, 0.4) is 0 Å². The predicted molar refractivity (Wildman–Crippen MR) is 83.8 cm³/mol. The van der Waals surface area contributed by atoms with Crippen LogP contribution in [0.1, 0.15) is 18.7 Å². The van der Waals surface area contributed by atoms with Gasteiger partial charge in [-0.15, -0.1) is 11.6 Å². The van der Waals surface area contributed by atoms with Crippen molar-refractivity contribution < 1.29 is 8.42 Å². The zero-order valence-electron chi connectivity index (χ0n) is 10.7. The summed E-state index contributed by atoms with van der Waals surface area (Å²) >= 11 is 9.40. The minimum atomic E-state index is -2.97. The second-order valence-electron chi connectivity index (χ2n) is 5.04. The van der Waals surface area contributed by atoms with E-state index in [-0.39, 0.29) is 11.1 Å². The Bertz CT molecular complexity index is 757. The lowest BCUT2D eigenvalue weighted by atomic mass is 10.2. The summed E-state index contributed by atoms with van der Waals surface area (Å²) in [5.41, 5.74) is 1.77. The number of hydrogen-bond acceptors (Lipinski definition) is 3. The Morgan fingerprint density at radius 1 is 1.45 bits per heavy atom. The highest BCUT2D eigenvalue weighted by atomic mass is 79.9. The van der Waals surface area contributed by atoms with Crippen LogP contribution in [-0.2, 0) is 22.3 Å². The van der Waals surface area contributed by atoms with E-state index in [1.165, 1.54) is 0 Å². The quantitative estimate of drug-likeness (QED) is 0.772. The second kappa shape index (κ2) is 5.31. The smallest absolute Gasteiger partial charge is 0.154 e. The third-order valence-electron chi connectivity index (χ3n) is 3.76. The first-order valence-electron chi connectivity index (χ1n) is 6.43. The Balaban J connectivity index is 2.07. The minimum absolute atomic E-state index is 0.277. The van der Waals surface area contributed by atoms with Crippen molar-refractivity contribution >= 4 is 48.4 Å². The molecule has 1 aliphatic heterocycles. The summed E-state index contributed by atoms with van der Waals surface area (Å²) in [7, 11) is -2.97. The Morgan fingerprint density at radius 3 is 2.90 bits per heavy atom. The van der Waals surface area contributed by atoms with Crippen LogP contribution in [0.5, 0.6) is 0 Å². The predicted octanol–water partition coefficient (Wildman–Crippen LogP) is 3.11. The molecule has 3 rings (SSSR count). The van der Waals surface area contributed by atoms with E-state index in [0.717, 1.165) is 34.2 Å². The number of rotatable bonds is 3. The molecule has 2 aromatic rings. The van der Waals surface area contributed by atoms with E-state index in [2.05, 4.69) is 20.9 Å². The summed E-state index contributed by atoms with van der Waals surface area (Å²) in [6.07, 6.45) is 1.47. The Hall–Kier alpha value is -0.590. The maximum atomic E-state index is 12.0. The molecule has 0 N–H and O–H groups in total. The molecule has 2 heterocycles. The Labute approximate surface area is 131 Å². The van der Waals surface area contributed by atoms with Gasteiger partial charge in [-0.05, 0) is 31.0 Å². The van der Waals surface area contributed by atoms with Crippen molar-refractivity contribution in [1.82, 2.24) is 9.55 Å². The molecular weight excluding hydrogens is 364 g/mol. The third-order valence-corrected chi connectivity index (χ3v) is 6.75. The summed E-state index contributed by atoms with van der Waals surface area (Å²) in [5.74, 6) is 1.30. The number of nitrogens with zero attached hydrogens (tertiary/aromatic N) is 2. The fourth-order valence-electron chi connectivity index (χ4n) is 2.72. The van der Waals surface area contributed by atoms with Gasteiger partial charge >= 0.3 is 0 Å². The van der Waals surface area contributed by atoms with Crippen LogP contribution < -0.4 is 0 Å². The van der Waals surface area contributed by atoms with Crippen molar-refractivity contribution in [2.45, 2.75) is 30.5 Å². The maximum Gasteiger partial charge on any atom is 0.154 e. The van der Waals surface area contributed by atoms with Crippen molar-refractivity contribution in [3.05, 3.63) is 28.5 Å². The number of aromatic nitrogens is 2. The van der Waals surface area contributed by atoms with Gasteiger partial charge in [0.2, 0.25) is 0 Å². The van der Waals surface area contributed by atoms with Gasteiger partial charge in [0.25, 0.3) is 0 Å². The minimum Gasteiger partial charge on any atom is -0.326 e. The molecule has 1 aliphatic rings. The molecular formula is C13H14BrClN2O2S. The fourth-order valence-corrected chi connectivity index (χ4v) is 5.08. The average molecular weight is 378 g/mol. The first kappa shape index (κ1) is 14.4. The van der Waals surface area contributed by atoms with Crippen LogP contribution in [0.2, 0.25) is 0 Å². The normalized spacial score (nSPS) is 21.6. The summed E-state index contributed by atoms with van der Waals surface area (Å²) in [6.45, 7) is 0.442. The topological polar surface area (TPSA) is 52.0 Å². The van der Waals surface area contributed by atoms with Crippen molar-refractivity contribution in [3.63, 3.8) is 0 Å². The molecule has 0 spiro atoms. The molecule has 20 heavy (non-hydrogen) atoms. The molecule has 0 radical (unpaired) electrons. The van der Waals surface area contributed by atoms with Crippen LogP contribution in [0.15, 0.2) is 22.7 Å². The number of hydrogen-bond donors (Lipinski definition) is 0. The molecule has 1 fully saturated rings. The maximum absolute atomic E-state index is 12.0. The molecule has 1 unspecified atom stereocenters. The number of fused-ring (bicyclic) bond motifs is 1. The van der Waals surface area contributed by atoms with Crippen LogP contribution in [-0.4, -0.2) is 29.0 Å². The lowest BCUT2D eigenvalue weighted by molar-refractivity contribution is 0.565. The van der Waals surface area contributed by atoms with E-state index in [1.54, 1.807) is 0 Å². The zero-order chi connectivity index (χ0) is 14.3. The molecule has 7 heteroatoms. The van der Waals surface area contributed by atoms with Crippen molar-refractivity contribution in [2.24, 2.45) is 0 Å². The van der Waals surface area contributed by atoms with Crippen LogP contribution in [0.4, 0.5) is 0 Å². The third kappa shape index (κ3) is 2.49. The Morgan fingerprint density at radius 2 is 2.25 bits per heavy atom. The first-order valence-corrected chi connectivity index (χ1v) is 9.48. The van der Waals surface area contributed by atoms with E-state index in [9.17, 15) is 8.42 Å². The van der Waals surface area contributed by atoms with E-state index >= 15 is 0 Å². The molecule has 0 aliphatic carbocycles. The number of sulfone groups is 1. The molecule has 0 saturated carbocycles. The Kier molecular flexibility index (Phi) is 3.81. The lowest BCUT2D eigenvalue weighted by Crippen LogP contribution is -2.23. The number of benzene rings is 1. The van der Waals surface area contributed by atoms with Gasteiger partial charge in [0, 0.05) is 11.0 Å². The highest BCUT2D eigenvalue weighted by Crippen LogP contribution is 2.27. The molecule has 1 aromatic carbocycles. The van der Waals surface area contributed by atoms with Crippen LogP contribution >= 0.6 is 27.5 Å². The van der Waals surface area contributed by atoms with Crippen molar-refractivity contribution in [3.8, 4) is 0 Å². The van der Waals surface area contributed by atoms with E-state index in [4.69, 9.17) is 11.6 Å².